The van der Waals surface area contributed by atoms with Gasteiger partial charge < -0.3 is 0 Å². The predicted octanol–water partition coefficient (Wildman–Crippen LogP) is 13.1. The van der Waals surface area contributed by atoms with Crippen LogP contribution in [0.4, 0.5) is 0 Å². The Bertz CT molecular complexity index is 2660. The molecule has 48 heavy (non-hydrogen) atoms. The fourth-order valence-electron chi connectivity index (χ4n) is 8.98. The van der Waals surface area contributed by atoms with Gasteiger partial charge in [-0.3, -0.25) is 0 Å². The smallest absolute Gasteiger partial charge is 0.0159 e. The minimum atomic E-state index is -0.106. The van der Waals surface area contributed by atoms with Crippen molar-refractivity contribution in [3.8, 4) is 44.5 Å². The predicted molar refractivity (Wildman–Crippen MR) is 205 cm³/mol. The molecule has 2 aliphatic rings. The first kappa shape index (κ1) is 27.6. The van der Waals surface area contributed by atoms with Crippen molar-refractivity contribution in [3.63, 3.8) is 0 Å². The van der Waals surface area contributed by atoms with Crippen molar-refractivity contribution >= 4 is 32.3 Å². The molecule has 8 aromatic rings. The molecule has 0 radical (unpaired) electrons. The van der Waals surface area contributed by atoms with Crippen molar-refractivity contribution in [1.29, 1.82) is 0 Å². The highest BCUT2D eigenvalue weighted by Crippen LogP contribution is 2.52. The number of hydrogen-bond donors (Lipinski definition) is 0. The van der Waals surface area contributed by atoms with Gasteiger partial charge >= 0.3 is 0 Å². The first-order valence-corrected chi connectivity index (χ1v) is 17.2. The van der Waals surface area contributed by atoms with E-state index in [4.69, 9.17) is 0 Å². The lowest BCUT2D eigenvalue weighted by atomic mass is 9.80. The molecule has 0 saturated carbocycles. The Morgan fingerprint density at radius 3 is 1.33 bits per heavy atom. The van der Waals surface area contributed by atoms with Gasteiger partial charge in [-0.15, -0.1) is 0 Å². The van der Waals surface area contributed by atoms with E-state index in [1.165, 1.54) is 99.1 Å². The first-order valence-electron chi connectivity index (χ1n) is 17.2. The summed E-state index contributed by atoms with van der Waals surface area (Å²) < 4.78 is 0. The minimum absolute atomic E-state index is 0.00654. The Labute approximate surface area is 282 Å². The average Bonchev–Trinajstić information content (AvgIpc) is 3.49. The first-order chi connectivity index (χ1) is 23.3. The summed E-state index contributed by atoms with van der Waals surface area (Å²) >= 11 is 0. The number of benzene rings is 8. The van der Waals surface area contributed by atoms with Crippen molar-refractivity contribution in [2.24, 2.45) is 0 Å². The molecule has 0 heterocycles. The topological polar surface area (TPSA) is 0 Å². The van der Waals surface area contributed by atoms with E-state index in [9.17, 15) is 0 Å². The monoisotopic (exact) mass is 612 g/mol. The molecule has 0 aliphatic heterocycles. The van der Waals surface area contributed by atoms with E-state index in [-0.39, 0.29) is 10.8 Å². The maximum atomic E-state index is 2.46. The van der Waals surface area contributed by atoms with E-state index in [2.05, 4.69) is 173 Å². The normalized spacial score (nSPS) is 15.0. The number of rotatable bonds is 2. The Morgan fingerprint density at radius 1 is 0.292 bits per heavy atom. The summed E-state index contributed by atoms with van der Waals surface area (Å²) in [5.41, 5.74) is 16.1. The van der Waals surface area contributed by atoms with Crippen LogP contribution in [0.15, 0.2) is 146 Å². The van der Waals surface area contributed by atoms with Gasteiger partial charge in [-0.2, -0.15) is 0 Å². The molecule has 0 heteroatoms. The summed E-state index contributed by atoms with van der Waals surface area (Å²) in [6, 6.07) is 55.0. The third-order valence-corrected chi connectivity index (χ3v) is 11.7. The molecule has 2 aliphatic carbocycles. The molecule has 0 fully saturated rings. The van der Waals surface area contributed by atoms with E-state index < -0.39 is 0 Å². The van der Waals surface area contributed by atoms with Gasteiger partial charge in [0.25, 0.3) is 0 Å². The van der Waals surface area contributed by atoms with Crippen LogP contribution >= 0.6 is 0 Å². The van der Waals surface area contributed by atoms with Gasteiger partial charge in [0.05, 0.1) is 0 Å². The van der Waals surface area contributed by atoms with Crippen molar-refractivity contribution < 1.29 is 0 Å². The van der Waals surface area contributed by atoms with E-state index >= 15 is 0 Å². The van der Waals surface area contributed by atoms with Crippen molar-refractivity contribution in [3.05, 3.63) is 168 Å². The maximum absolute atomic E-state index is 2.46. The highest BCUT2D eigenvalue weighted by atomic mass is 14.4. The van der Waals surface area contributed by atoms with Crippen molar-refractivity contribution in [2.45, 2.75) is 38.5 Å². The highest BCUT2D eigenvalue weighted by Gasteiger charge is 2.37. The van der Waals surface area contributed by atoms with Crippen LogP contribution in [0, 0.1) is 0 Å². The minimum Gasteiger partial charge on any atom is -0.0619 e. The van der Waals surface area contributed by atoms with Crippen LogP contribution in [0.1, 0.15) is 49.9 Å². The average molecular weight is 613 g/mol. The summed E-state index contributed by atoms with van der Waals surface area (Å²) in [4.78, 5) is 0. The van der Waals surface area contributed by atoms with Crippen LogP contribution in [-0.2, 0) is 10.8 Å². The summed E-state index contributed by atoms with van der Waals surface area (Å²) in [6.45, 7) is 9.52. The summed E-state index contributed by atoms with van der Waals surface area (Å²) in [6.07, 6.45) is 0. The Hall–Kier alpha value is -5.46. The lowest BCUT2D eigenvalue weighted by molar-refractivity contribution is 0.659. The standard InChI is InChI=1S/C48H36/c1-47(2)43-12-8-7-11-38(43)39-22-18-33(27-44(39)47)34-19-24-41-40-23-17-32(26-45(40)48(3,4)46(41)28-34)31-14-13-30-16-20-36-35-10-6-5-9-29(35)15-21-37(36)42(30)25-31/h5-28H,1-4H3. The van der Waals surface area contributed by atoms with Gasteiger partial charge in [-0.05, 0) is 123 Å². The zero-order chi connectivity index (χ0) is 32.4. The van der Waals surface area contributed by atoms with Crippen molar-refractivity contribution in [2.75, 3.05) is 0 Å². The van der Waals surface area contributed by atoms with Gasteiger partial charge in [0, 0.05) is 10.8 Å². The Morgan fingerprint density at radius 2 is 0.708 bits per heavy atom. The highest BCUT2D eigenvalue weighted by molar-refractivity contribution is 6.17. The van der Waals surface area contributed by atoms with Gasteiger partial charge in [0.1, 0.15) is 0 Å². The van der Waals surface area contributed by atoms with Crippen LogP contribution in [0.2, 0.25) is 0 Å². The van der Waals surface area contributed by atoms with Gasteiger partial charge in [-0.25, -0.2) is 0 Å². The van der Waals surface area contributed by atoms with E-state index in [0.717, 1.165) is 0 Å². The van der Waals surface area contributed by atoms with Crippen LogP contribution in [0.5, 0.6) is 0 Å². The Balaban J connectivity index is 1.05. The third kappa shape index (κ3) is 3.72. The summed E-state index contributed by atoms with van der Waals surface area (Å²) in [5, 5.41) is 7.82. The SMILES string of the molecule is CC1(C)c2ccccc2-c2ccc(-c3ccc4c(c3)C(C)(C)c3cc(-c5ccc6ccc7c8ccccc8ccc7c6c5)ccc3-4)cc21. The molecule has 8 aromatic carbocycles. The summed E-state index contributed by atoms with van der Waals surface area (Å²) in [5.74, 6) is 0. The van der Waals surface area contributed by atoms with Gasteiger partial charge in [0.15, 0.2) is 0 Å². The molecule has 0 spiro atoms. The molecule has 0 aromatic heterocycles. The molecule has 0 saturated heterocycles. The lowest BCUT2D eigenvalue weighted by Gasteiger charge is -2.23. The zero-order valence-corrected chi connectivity index (χ0v) is 27.9. The molecular weight excluding hydrogens is 577 g/mol. The second-order valence-corrected chi connectivity index (χ2v) is 15.0. The maximum Gasteiger partial charge on any atom is 0.0159 e. The van der Waals surface area contributed by atoms with Gasteiger partial charge in [-0.1, -0.05) is 149 Å². The van der Waals surface area contributed by atoms with Gasteiger partial charge in [0.2, 0.25) is 0 Å². The number of fused-ring (bicyclic) bond motifs is 11. The second kappa shape index (κ2) is 9.55. The molecule has 0 amide bonds. The van der Waals surface area contributed by atoms with Crippen LogP contribution in [0.3, 0.4) is 0 Å². The fourth-order valence-corrected chi connectivity index (χ4v) is 8.98. The molecule has 0 N–H and O–H groups in total. The van der Waals surface area contributed by atoms with E-state index in [0.29, 0.717) is 0 Å². The number of hydrogen-bond acceptors (Lipinski definition) is 0. The molecule has 0 nitrogen and oxygen atoms in total. The molecule has 0 unspecified atom stereocenters. The second-order valence-electron chi connectivity index (χ2n) is 15.0. The Kier molecular flexibility index (Phi) is 5.50. The van der Waals surface area contributed by atoms with E-state index in [1.54, 1.807) is 0 Å². The van der Waals surface area contributed by atoms with Crippen molar-refractivity contribution in [1.82, 2.24) is 0 Å². The molecule has 10 rings (SSSR count). The lowest BCUT2D eigenvalue weighted by Crippen LogP contribution is -2.15. The largest absolute Gasteiger partial charge is 0.0619 e. The summed E-state index contributed by atoms with van der Waals surface area (Å²) in [7, 11) is 0. The molecule has 228 valence electrons. The zero-order valence-electron chi connectivity index (χ0n) is 27.9. The molecule has 0 atom stereocenters. The molecule has 0 bridgehead atoms. The third-order valence-electron chi connectivity index (χ3n) is 11.7. The quantitative estimate of drug-likeness (QED) is 0.170. The van der Waals surface area contributed by atoms with Crippen LogP contribution in [0.25, 0.3) is 76.8 Å². The molecular formula is C48H36. The van der Waals surface area contributed by atoms with E-state index in [1.807, 2.05) is 0 Å². The van der Waals surface area contributed by atoms with Crippen LogP contribution in [-0.4, -0.2) is 0 Å². The fraction of sp³-hybridized carbons (Fsp3) is 0.125. The van der Waals surface area contributed by atoms with Crippen LogP contribution < -0.4 is 0 Å².